The number of carbonyl (C=O) groups is 1. The number of carbonyl (C=O) groups excluding carboxylic acids is 1. The molecule has 1 rings (SSSR count). The van der Waals surface area contributed by atoms with E-state index in [1.165, 1.54) is 0 Å². The Kier molecular flexibility index (Phi) is 3.93. The Morgan fingerprint density at radius 1 is 1.50 bits per heavy atom. The van der Waals surface area contributed by atoms with Crippen molar-refractivity contribution in [2.75, 3.05) is 13.1 Å². The minimum Gasteiger partial charge on any atom is -0.341 e. The lowest BCUT2D eigenvalue weighted by molar-refractivity contribution is -0.135. The van der Waals surface area contributed by atoms with Crippen LogP contribution < -0.4 is 5.73 Å². The van der Waals surface area contributed by atoms with Gasteiger partial charge in [-0.15, -0.1) is 0 Å². The Bertz CT molecular complexity index is 201. The van der Waals surface area contributed by atoms with Crippen molar-refractivity contribution in [3.63, 3.8) is 0 Å². The Balaban J connectivity index is 2.44. The zero-order chi connectivity index (χ0) is 10.7. The SMILES string of the molecule is CC(N)CN1CCC(C(C)C)CC1=O. The molecule has 2 atom stereocenters. The van der Waals surface area contributed by atoms with Crippen LogP contribution >= 0.6 is 0 Å². The van der Waals surface area contributed by atoms with Crippen molar-refractivity contribution in [2.45, 2.75) is 39.7 Å². The zero-order valence-corrected chi connectivity index (χ0v) is 9.49. The third-order valence-electron chi connectivity index (χ3n) is 3.01. The molecule has 1 fully saturated rings. The Morgan fingerprint density at radius 2 is 2.14 bits per heavy atom. The van der Waals surface area contributed by atoms with Gasteiger partial charge in [-0.25, -0.2) is 0 Å². The standard InChI is InChI=1S/C11H22N2O/c1-8(2)10-4-5-13(7-9(3)12)11(14)6-10/h8-10H,4-7,12H2,1-3H3. The van der Waals surface area contributed by atoms with Crippen LogP contribution in [0.25, 0.3) is 0 Å². The molecule has 1 aliphatic heterocycles. The maximum atomic E-state index is 11.7. The van der Waals surface area contributed by atoms with Crippen LogP contribution in [0.1, 0.15) is 33.6 Å². The number of hydrogen-bond donors (Lipinski definition) is 1. The molecule has 2 N–H and O–H groups in total. The van der Waals surface area contributed by atoms with Crippen LogP contribution in [0, 0.1) is 11.8 Å². The van der Waals surface area contributed by atoms with Crippen LogP contribution in [0.5, 0.6) is 0 Å². The first-order valence-electron chi connectivity index (χ1n) is 5.54. The van der Waals surface area contributed by atoms with Crippen LogP contribution in [0.4, 0.5) is 0 Å². The van der Waals surface area contributed by atoms with Crippen molar-refractivity contribution in [3.8, 4) is 0 Å². The van der Waals surface area contributed by atoms with E-state index in [9.17, 15) is 4.79 Å². The van der Waals surface area contributed by atoms with Crippen molar-refractivity contribution < 1.29 is 4.79 Å². The molecular formula is C11H22N2O. The van der Waals surface area contributed by atoms with E-state index in [0.29, 0.717) is 24.8 Å². The molecule has 0 aromatic rings. The molecule has 0 saturated carbocycles. The second-order valence-electron chi connectivity index (χ2n) is 4.81. The van der Waals surface area contributed by atoms with Crippen molar-refractivity contribution >= 4 is 5.91 Å². The van der Waals surface area contributed by atoms with E-state index in [0.717, 1.165) is 13.0 Å². The minimum atomic E-state index is 0.0922. The largest absolute Gasteiger partial charge is 0.341 e. The third kappa shape index (κ3) is 2.98. The van der Waals surface area contributed by atoms with Crippen LogP contribution in [0.3, 0.4) is 0 Å². The van der Waals surface area contributed by atoms with E-state index in [1.807, 2.05) is 11.8 Å². The van der Waals surface area contributed by atoms with Gasteiger partial charge in [0.1, 0.15) is 0 Å². The highest BCUT2D eigenvalue weighted by Gasteiger charge is 2.27. The molecule has 3 heteroatoms. The van der Waals surface area contributed by atoms with E-state index in [-0.39, 0.29) is 11.9 Å². The van der Waals surface area contributed by atoms with Crippen molar-refractivity contribution in [3.05, 3.63) is 0 Å². The molecule has 0 aliphatic carbocycles. The van der Waals surface area contributed by atoms with Gasteiger partial charge >= 0.3 is 0 Å². The second-order valence-corrected chi connectivity index (χ2v) is 4.81. The number of rotatable bonds is 3. The van der Waals surface area contributed by atoms with Gasteiger partial charge in [0, 0.05) is 25.6 Å². The molecule has 1 amide bonds. The molecule has 0 aromatic carbocycles. The lowest BCUT2D eigenvalue weighted by atomic mass is 9.86. The predicted octanol–water partition coefficient (Wildman–Crippen LogP) is 1.23. The second kappa shape index (κ2) is 4.78. The minimum absolute atomic E-state index is 0.0922. The summed E-state index contributed by atoms with van der Waals surface area (Å²) in [6, 6.07) is 0.0922. The molecule has 0 radical (unpaired) electrons. The van der Waals surface area contributed by atoms with Gasteiger partial charge in [-0.3, -0.25) is 4.79 Å². The van der Waals surface area contributed by atoms with Crippen LogP contribution in [-0.2, 0) is 4.79 Å². The fourth-order valence-electron chi connectivity index (χ4n) is 2.01. The van der Waals surface area contributed by atoms with Crippen molar-refractivity contribution in [1.29, 1.82) is 0 Å². The Hall–Kier alpha value is -0.570. The van der Waals surface area contributed by atoms with Crippen LogP contribution in [-0.4, -0.2) is 29.9 Å². The highest BCUT2D eigenvalue weighted by Crippen LogP contribution is 2.25. The van der Waals surface area contributed by atoms with Crippen LogP contribution in [0.2, 0.25) is 0 Å². The van der Waals surface area contributed by atoms with E-state index in [4.69, 9.17) is 5.73 Å². The molecule has 1 aliphatic rings. The number of likely N-dealkylation sites (tertiary alicyclic amines) is 1. The van der Waals surface area contributed by atoms with Gasteiger partial charge in [-0.05, 0) is 25.2 Å². The lowest BCUT2D eigenvalue weighted by Crippen LogP contribution is -2.45. The number of nitrogens with two attached hydrogens (primary N) is 1. The molecule has 0 aromatic heterocycles. The van der Waals surface area contributed by atoms with Gasteiger partial charge in [-0.2, -0.15) is 0 Å². The monoisotopic (exact) mass is 198 g/mol. The summed E-state index contributed by atoms with van der Waals surface area (Å²) in [5, 5.41) is 0. The predicted molar refractivity (Wildman–Crippen MR) is 57.8 cm³/mol. The molecule has 0 bridgehead atoms. The van der Waals surface area contributed by atoms with Crippen molar-refractivity contribution in [1.82, 2.24) is 4.90 Å². The zero-order valence-electron chi connectivity index (χ0n) is 9.49. The fraction of sp³-hybridized carbons (Fsp3) is 0.909. The quantitative estimate of drug-likeness (QED) is 0.741. The van der Waals surface area contributed by atoms with Gasteiger partial charge < -0.3 is 10.6 Å². The summed E-state index contributed by atoms with van der Waals surface area (Å²) in [7, 11) is 0. The van der Waals surface area contributed by atoms with Gasteiger partial charge in [0.2, 0.25) is 5.91 Å². The number of amides is 1. The van der Waals surface area contributed by atoms with E-state index >= 15 is 0 Å². The molecule has 1 saturated heterocycles. The molecular weight excluding hydrogens is 176 g/mol. The summed E-state index contributed by atoms with van der Waals surface area (Å²) in [6.45, 7) is 7.94. The fourth-order valence-corrected chi connectivity index (χ4v) is 2.01. The molecule has 0 spiro atoms. The molecule has 14 heavy (non-hydrogen) atoms. The van der Waals surface area contributed by atoms with E-state index < -0.39 is 0 Å². The third-order valence-corrected chi connectivity index (χ3v) is 3.01. The topological polar surface area (TPSA) is 46.3 Å². The summed E-state index contributed by atoms with van der Waals surface area (Å²) < 4.78 is 0. The van der Waals surface area contributed by atoms with Crippen molar-refractivity contribution in [2.24, 2.45) is 17.6 Å². The maximum absolute atomic E-state index is 11.7. The lowest BCUT2D eigenvalue weighted by Gasteiger charge is -2.34. The summed E-state index contributed by atoms with van der Waals surface area (Å²) >= 11 is 0. The summed E-state index contributed by atoms with van der Waals surface area (Å²) in [5.41, 5.74) is 5.69. The normalized spacial score (nSPS) is 25.6. The average Bonchev–Trinajstić information content (AvgIpc) is 2.07. The van der Waals surface area contributed by atoms with Gasteiger partial charge in [0.15, 0.2) is 0 Å². The molecule has 3 nitrogen and oxygen atoms in total. The number of piperidine rings is 1. The highest BCUT2D eigenvalue weighted by molar-refractivity contribution is 5.77. The van der Waals surface area contributed by atoms with E-state index in [1.54, 1.807) is 0 Å². The highest BCUT2D eigenvalue weighted by atomic mass is 16.2. The molecule has 82 valence electrons. The summed E-state index contributed by atoms with van der Waals surface area (Å²) in [6.07, 6.45) is 1.85. The first-order chi connectivity index (χ1) is 6.50. The Labute approximate surface area is 86.6 Å². The molecule has 2 unspecified atom stereocenters. The summed E-state index contributed by atoms with van der Waals surface area (Å²) in [4.78, 5) is 13.6. The first kappa shape index (κ1) is 11.5. The summed E-state index contributed by atoms with van der Waals surface area (Å²) in [5.74, 6) is 1.48. The first-order valence-corrected chi connectivity index (χ1v) is 5.54. The molecule has 1 heterocycles. The van der Waals surface area contributed by atoms with E-state index in [2.05, 4.69) is 13.8 Å². The Morgan fingerprint density at radius 3 is 2.57 bits per heavy atom. The van der Waals surface area contributed by atoms with Gasteiger partial charge in [0.25, 0.3) is 0 Å². The number of nitrogens with zero attached hydrogens (tertiary/aromatic N) is 1. The van der Waals surface area contributed by atoms with Gasteiger partial charge in [-0.1, -0.05) is 13.8 Å². The smallest absolute Gasteiger partial charge is 0.222 e. The maximum Gasteiger partial charge on any atom is 0.222 e. The van der Waals surface area contributed by atoms with Crippen LogP contribution in [0.15, 0.2) is 0 Å². The van der Waals surface area contributed by atoms with Gasteiger partial charge in [0.05, 0.1) is 0 Å². The number of hydrogen-bond acceptors (Lipinski definition) is 2. The average molecular weight is 198 g/mol.